The van der Waals surface area contributed by atoms with Crippen LogP contribution in [-0.4, -0.2) is 85.7 Å². The van der Waals surface area contributed by atoms with Gasteiger partial charge in [0.15, 0.2) is 5.82 Å². The molecule has 10 heteroatoms. The molecular weight excluding hydrogens is 466 g/mol. The van der Waals surface area contributed by atoms with Crippen molar-refractivity contribution in [1.29, 1.82) is 0 Å². The van der Waals surface area contributed by atoms with E-state index in [1.807, 2.05) is 43.8 Å². The summed E-state index contributed by atoms with van der Waals surface area (Å²) < 4.78 is 3.42. The smallest absolute Gasteiger partial charge is 0.278 e. The van der Waals surface area contributed by atoms with Gasteiger partial charge in [0, 0.05) is 71.1 Å². The number of aryl methyl sites for hydroxylation is 1. The van der Waals surface area contributed by atoms with E-state index in [0.29, 0.717) is 23.8 Å². The molecule has 1 aliphatic heterocycles. The Kier molecular flexibility index (Phi) is 9.48. The molecule has 0 spiro atoms. The van der Waals surface area contributed by atoms with Crippen LogP contribution in [0.4, 0.5) is 17.2 Å². The zero-order valence-corrected chi connectivity index (χ0v) is 23.2. The second kappa shape index (κ2) is 12.6. The zero-order chi connectivity index (χ0) is 27.1. The summed E-state index contributed by atoms with van der Waals surface area (Å²) in [6.07, 6.45) is 5.16. The zero-order valence-electron chi connectivity index (χ0n) is 23.2. The van der Waals surface area contributed by atoms with Crippen LogP contribution in [0.1, 0.15) is 25.0 Å². The van der Waals surface area contributed by atoms with Crippen molar-refractivity contribution in [2.45, 2.75) is 27.3 Å². The van der Waals surface area contributed by atoms with E-state index in [-0.39, 0.29) is 5.56 Å². The molecule has 3 rings (SSSR count). The number of benzene rings is 1. The van der Waals surface area contributed by atoms with Crippen molar-refractivity contribution in [3.05, 3.63) is 58.5 Å². The summed E-state index contributed by atoms with van der Waals surface area (Å²) >= 11 is 0. The standard InChI is InChI=1S/C27H41N9O/c1-9-12-35-27(37)24(18-28-5)26(36(35)21(3)19-33(8)29-6)31-22(4)30-23-10-11-25(20(2)17-23)34-15-13-32(7)14-16-34/h9-11,17-19,29H,1,12-16H2,2-8H3,(H,30,31)/b21-19+,28-18?. The summed E-state index contributed by atoms with van der Waals surface area (Å²) in [6, 6.07) is 6.39. The van der Waals surface area contributed by atoms with Crippen molar-refractivity contribution >= 4 is 34.9 Å². The minimum Gasteiger partial charge on any atom is -0.369 e. The van der Waals surface area contributed by atoms with Gasteiger partial charge in [-0.25, -0.2) is 19.8 Å². The van der Waals surface area contributed by atoms with Crippen LogP contribution < -0.4 is 21.2 Å². The molecule has 0 radical (unpaired) electrons. The fraction of sp³-hybridized carbons (Fsp3) is 0.444. The Hall–Kier alpha value is -3.63. The Morgan fingerprint density at radius 1 is 1.22 bits per heavy atom. The number of piperazine rings is 1. The highest BCUT2D eigenvalue weighted by atomic mass is 16.1. The molecule has 1 fully saturated rings. The van der Waals surface area contributed by atoms with Crippen molar-refractivity contribution in [2.24, 2.45) is 9.98 Å². The SMILES string of the molecule is C=CCn1c(=O)c(C=NC)c(/N=C(\C)Nc2ccc(N3CCN(C)CC3)c(C)c2)n1/C(C)=C/N(C)NC. The molecule has 0 atom stereocenters. The number of allylic oxidation sites excluding steroid dienone is 2. The van der Waals surface area contributed by atoms with Crippen LogP contribution >= 0.6 is 0 Å². The van der Waals surface area contributed by atoms with E-state index in [1.54, 1.807) is 24.0 Å². The molecule has 10 nitrogen and oxygen atoms in total. The van der Waals surface area contributed by atoms with Crippen molar-refractivity contribution in [1.82, 2.24) is 24.7 Å². The first-order valence-electron chi connectivity index (χ1n) is 12.5. The van der Waals surface area contributed by atoms with Crippen LogP contribution in [-0.2, 0) is 6.54 Å². The predicted octanol–water partition coefficient (Wildman–Crippen LogP) is 2.99. The molecule has 0 bridgehead atoms. The van der Waals surface area contributed by atoms with Crippen LogP contribution in [0.25, 0.3) is 5.70 Å². The first kappa shape index (κ1) is 27.9. The van der Waals surface area contributed by atoms with Crippen molar-refractivity contribution in [3.63, 3.8) is 0 Å². The Labute approximate surface area is 220 Å². The summed E-state index contributed by atoms with van der Waals surface area (Å²) in [4.78, 5) is 27.1. The molecule has 0 amide bonds. The average Bonchev–Trinajstić information content (AvgIpc) is 3.10. The lowest BCUT2D eigenvalue weighted by Gasteiger charge is -2.35. The Morgan fingerprint density at radius 3 is 2.51 bits per heavy atom. The monoisotopic (exact) mass is 507 g/mol. The number of hydrogen-bond donors (Lipinski definition) is 2. The largest absolute Gasteiger partial charge is 0.369 e. The van der Waals surface area contributed by atoms with Gasteiger partial charge in [0.05, 0.1) is 12.2 Å². The van der Waals surface area contributed by atoms with Crippen molar-refractivity contribution in [2.75, 3.05) is 64.6 Å². The molecule has 2 heterocycles. The summed E-state index contributed by atoms with van der Waals surface area (Å²) in [6.45, 7) is 14.3. The average molecular weight is 508 g/mol. The highest BCUT2D eigenvalue weighted by Crippen LogP contribution is 2.26. The van der Waals surface area contributed by atoms with Gasteiger partial charge >= 0.3 is 0 Å². The second-order valence-electron chi connectivity index (χ2n) is 9.33. The summed E-state index contributed by atoms with van der Waals surface area (Å²) in [7, 11) is 7.53. The van der Waals surface area contributed by atoms with Crippen LogP contribution in [0, 0.1) is 6.92 Å². The van der Waals surface area contributed by atoms with Crippen LogP contribution in [0.15, 0.2) is 51.8 Å². The molecule has 0 unspecified atom stereocenters. The number of hydrazine groups is 1. The maximum atomic E-state index is 13.3. The fourth-order valence-electron chi connectivity index (χ4n) is 4.48. The van der Waals surface area contributed by atoms with Gasteiger partial charge in [-0.2, -0.15) is 0 Å². The number of hydrogen-bond acceptors (Lipinski definition) is 7. The van der Waals surface area contributed by atoms with Gasteiger partial charge in [0.2, 0.25) is 0 Å². The van der Waals surface area contributed by atoms with E-state index in [2.05, 4.69) is 64.3 Å². The molecule has 1 aromatic heterocycles. The Balaban J connectivity index is 1.99. The number of anilines is 2. The second-order valence-corrected chi connectivity index (χ2v) is 9.33. The molecule has 1 aliphatic rings. The minimum atomic E-state index is -0.177. The maximum Gasteiger partial charge on any atom is 0.278 e. The predicted molar refractivity (Wildman–Crippen MR) is 156 cm³/mol. The van der Waals surface area contributed by atoms with Gasteiger partial charge in [-0.3, -0.25) is 9.79 Å². The topological polar surface area (TPSA) is 85.4 Å². The van der Waals surface area contributed by atoms with Gasteiger partial charge < -0.3 is 20.1 Å². The number of nitrogens with zero attached hydrogens (tertiary/aromatic N) is 7. The van der Waals surface area contributed by atoms with Gasteiger partial charge in [0.25, 0.3) is 5.56 Å². The lowest BCUT2D eigenvalue weighted by Crippen LogP contribution is -2.44. The maximum absolute atomic E-state index is 13.3. The third-order valence-electron chi connectivity index (χ3n) is 6.41. The number of rotatable bonds is 9. The van der Waals surface area contributed by atoms with Gasteiger partial charge in [0.1, 0.15) is 11.4 Å². The molecule has 200 valence electrons. The number of aromatic nitrogens is 2. The molecule has 2 N–H and O–H groups in total. The van der Waals surface area contributed by atoms with Gasteiger partial charge in [-0.15, -0.1) is 6.58 Å². The highest BCUT2D eigenvalue weighted by molar-refractivity contribution is 5.97. The van der Waals surface area contributed by atoms with E-state index in [1.165, 1.54) is 11.3 Å². The summed E-state index contributed by atoms with van der Waals surface area (Å²) in [5.74, 6) is 1.17. The first-order valence-corrected chi connectivity index (χ1v) is 12.5. The van der Waals surface area contributed by atoms with Crippen molar-refractivity contribution < 1.29 is 0 Å². The normalized spacial score (nSPS) is 15.5. The molecule has 0 aliphatic carbocycles. The molecule has 37 heavy (non-hydrogen) atoms. The summed E-state index contributed by atoms with van der Waals surface area (Å²) in [5.41, 5.74) is 7.53. The van der Waals surface area contributed by atoms with E-state index in [9.17, 15) is 4.79 Å². The Bertz CT molecular complexity index is 1240. The summed E-state index contributed by atoms with van der Waals surface area (Å²) in [5, 5.41) is 5.22. The third kappa shape index (κ3) is 6.58. The Morgan fingerprint density at radius 2 is 1.92 bits per heavy atom. The van der Waals surface area contributed by atoms with Crippen LogP contribution in [0.3, 0.4) is 0 Å². The van der Waals surface area contributed by atoms with Crippen LogP contribution in [0.5, 0.6) is 0 Å². The quantitative estimate of drug-likeness (QED) is 0.235. The van der Waals surface area contributed by atoms with E-state index < -0.39 is 0 Å². The molecule has 0 saturated carbocycles. The lowest BCUT2D eigenvalue weighted by molar-refractivity contribution is 0.312. The van der Waals surface area contributed by atoms with Gasteiger partial charge in [-0.1, -0.05) is 6.08 Å². The molecule has 1 saturated heterocycles. The number of nitrogens with one attached hydrogen (secondary N) is 2. The lowest BCUT2D eigenvalue weighted by atomic mass is 10.1. The minimum absolute atomic E-state index is 0.177. The van der Waals surface area contributed by atoms with E-state index >= 15 is 0 Å². The van der Waals surface area contributed by atoms with Crippen LogP contribution in [0.2, 0.25) is 0 Å². The molecule has 1 aromatic carbocycles. The number of aliphatic imine (C=N–C) groups is 2. The number of likely N-dealkylation sites (N-methyl/N-ethyl adjacent to an activating group) is 1. The van der Waals surface area contributed by atoms with Gasteiger partial charge in [-0.05, 0) is 51.6 Å². The van der Waals surface area contributed by atoms with E-state index in [0.717, 1.165) is 37.6 Å². The number of amidine groups is 1. The molecular formula is C27H41N9O. The first-order chi connectivity index (χ1) is 17.7. The highest BCUT2D eigenvalue weighted by Gasteiger charge is 2.20. The fourth-order valence-corrected chi connectivity index (χ4v) is 4.48. The third-order valence-corrected chi connectivity index (χ3v) is 6.41. The van der Waals surface area contributed by atoms with E-state index in [4.69, 9.17) is 4.99 Å². The van der Waals surface area contributed by atoms with Crippen molar-refractivity contribution in [3.8, 4) is 0 Å². The molecule has 2 aromatic rings.